The molecule has 0 bridgehead atoms. The zero-order valence-corrected chi connectivity index (χ0v) is 15.5. The Kier molecular flexibility index (Phi) is 4.56. The van der Waals surface area contributed by atoms with Crippen molar-refractivity contribution >= 4 is 23.2 Å². The minimum absolute atomic E-state index is 0.106. The molecule has 6 nitrogen and oxygen atoms in total. The summed E-state index contributed by atoms with van der Waals surface area (Å²) in [6.07, 6.45) is 9.16. The molecule has 1 aromatic heterocycles. The lowest BCUT2D eigenvalue weighted by Gasteiger charge is -2.28. The van der Waals surface area contributed by atoms with Gasteiger partial charge < -0.3 is 10.2 Å². The maximum Gasteiger partial charge on any atom is 0.255 e. The van der Waals surface area contributed by atoms with Crippen LogP contribution in [0, 0.1) is 5.92 Å². The fraction of sp³-hybridized carbons (Fsp3) is 0.381. The van der Waals surface area contributed by atoms with Crippen LogP contribution in [-0.4, -0.2) is 28.1 Å². The van der Waals surface area contributed by atoms with Crippen LogP contribution in [0.5, 0.6) is 0 Å². The Morgan fingerprint density at radius 2 is 2.19 bits per heavy atom. The van der Waals surface area contributed by atoms with Crippen molar-refractivity contribution in [3.63, 3.8) is 0 Å². The van der Waals surface area contributed by atoms with Gasteiger partial charge in [-0.25, -0.2) is 0 Å². The summed E-state index contributed by atoms with van der Waals surface area (Å²) in [6, 6.07) is 5.86. The van der Waals surface area contributed by atoms with Crippen LogP contribution in [0.3, 0.4) is 0 Å². The molecule has 1 unspecified atom stereocenters. The van der Waals surface area contributed by atoms with Gasteiger partial charge in [-0.3, -0.25) is 14.3 Å². The van der Waals surface area contributed by atoms with E-state index in [0.717, 1.165) is 24.1 Å². The number of benzene rings is 1. The quantitative estimate of drug-likeness (QED) is 0.825. The molecule has 140 valence electrons. The van der Waals surface area contributed by atoms with E-state index in [2.05, 4.69) is 23.9 Å². The number of amides is 2. The Morgan fingerprint density at radius 1 is 1.37 bits per heavy atom. The molecule has 4 rings (SSSR count). The molecule has 1 aromatic carbocycles. The highest BCUT2D eigenvalue weighted by molar-refractivity contribution is 6.06. The standard InChI is InChI=1S/C21H24N4O2/c1-3-20(26)24-10-4-5-16-11-17(8-9-19(16)24)21(27)23-18-12-22-25(13-18)14(2)15-6-7-15/h3,8-9,11-15H,1,4-7,10H2,2H3,(H,23,27). The van der Waals surface area contributed by atoms with Crippen LogP contribution >= 0.6 is 0 Å². The van der Waals surface area contributed by atoms with E-state index in [1.165, 1.54) is 18.9 Å². The van der Waals surface area contributed by atoms with Crippen molar-refractivity contribution in [1.29, 1.82) is 0 Å². The van der Waals surface area contributed by atoms with E-state index in [1.54, 1.807) is 17.2 Å². The number of aryl methyl sites for hydroxylation is 1. The maximum absolute atomic E-state index is 12.7. The highest BCUT2D eigenvalue weighted by Crippen LogP contribution is 2.39. The number of hydrogen-bond acceptors (Lipinski definition) is 3. The van der Waals surface area contributed by atoms with Gasteiger partial charge in [0.15, 0.2) is 0 Å². The summed E-state index contributed by atoms with van der Waals surface area (Å²) >= 11 is 0. The van der Waals surface area contributed by atoms with Gasteiger partial charge in [0.05, 0.1) is 17.9 Å². The number of carbonyl (C=O) groups excluding carboxylic acids is 2. The zero-order chi connectivity index (χ0) is 19.0. The number of carbonyl (C=O) groups is 2. The van der Waals surface area contributed by atoms with E-state index >= 15 is 0 Å². The Morgan fingerprint density at radius 3 is 2.93 bits per heavy atom. The number of nitrogens with one attached hydrogen (secondary N) is 1. The van der Waals surface area contributed by atoms with Crippen LogP contribution in [0.1, 0.15) is 48.1 Å². The number of rotatable bonds is 5. The summed E-state index contributed by atoms with van der Waals surface area (Å²) < 4.78 is 1.93. The number of aromatic nitrogens is 2. The molecule has 0 radical (unpaired) electrons. The number of hydrogen-bond donors (Lipinski definition) is 1. The molecule has 6 heteroatoms. The first-order valence-electron chi connectivity index (χ1n) is 9.49. The van der Waals surface area contributed by atoms with Crippen LogP contribution in [0.25, 0.3) is 0 Å². The van der Waals surface area contributed by atoms with Gasteiger partial charge in [0.25, 0.3) is 5.91 Å². The van der Waals surface area contributed by atoms with E-state index in [1.807, 2.05) is 23.0 Å². The monoisotopic (exact) mass is 364 g/mol. The number of fused-ring (bicyclic) bond motifs is 1. The SMILES string of the molecule is C=CC(=O)N1CCCc2cc(C(=O)Nc3cnn(C(C)C4CC4)c3)ccc21. The van der Waals surface area contributed by atoms with Gasteiger partial charge in [0, 0.05) is 24.0 Å². The van der Waals surface area contributed by atoms with Crippen LogP contribution in [-0.2, 0) is 11.2 Å². The third-order valence-corrected chi connectivity index (χ3v) is 5.48. The van der Waals surface area contributed by atoms with E-state index < -0.39 is 0 Å². The van der Waals surface area contributed by atoms with Crippen molar-refractivity contribution in [3.8, 4) is 0 Å². The molecule has 27 heavy (non-hydrogen) atoms. The van der Waals surface area contributed by atoms with Gasteiger partial charge in [0.2, 0.25) is 5.91 Å². The van der Waals surface area contributed by atoms with Gasteiger partial charge in [-0.05, 0) is 68.4 Å². The van der Waals surface area contributed by atoms with Crippen molar-refractivity contribution in [2.24, 2.45) is 5.92 Å². The Balaban J connectivity index is 1.49. The van der Waals surface area contributed by atoms with Crippen molar-refractivity contribution in [3.05, 3.63) is 54.4 Å². The topological polar surface area (TPSA) is 67.2 Å². The van der Waals surface area contributed by atoms with Gasteiger partial charge >= 0.3 is 0 Å². The number of nitrogens with zero attached hydrogens (tertiary/aromatic N) is 3. The lowest BCUT2D eigenvalue weighted by Crippen LogP contribution is -2.34. The Labute approximate surface area is 158 Å². The molecular formula is C21H24N4O2. The third-order valence-electron chi connectivity index (χ3n) is 5.48. The normalized spacial score (nSPS) is 17.1. The molecule has 2 aromatic rings. The summed E-state index contributed by atoms with van der Waals surface area (Å²) in [5.41, 5.74) is 3.18. The lowest BCUT2D eigenvalue weighted by molar-refractivity contribution is -0.114. The molecule has 2 aliphatic rings. The molecule has 0 saturated heterocycles. The molecule has 0 spiro atoms. The first-order valence-corrected chi connectivity index (χ1v) is 9.49. The van der Waals surface area contributed by atoms with Gasteiger partial charge in [0.1, 0.15) is 0 Å². The van der Waals surface area contributed by atoms with Crippen LogP contribution < -0.4 is 10.2 Å². The maximum atomic E-state index is 12.7. The smallest absolute Gasteiger partial charge is 0.255 e. The summed E-state index contributed by atoms with van der Waals surface area (Å²) in [4.78, 5) is 26.4. The first kappa shape index (κ1) is 17.5. The van der Waals surface area contributed by atoms with Crippen LogP contribution in [0.15, 0.2) is 43.2 Å². The van der Waals surface area contributed by atoms with E-state index in [4.69, 9.17) is 0 Å². The van der Waals surface area contributed by atoms with Gasteiger partial charge in [-0.2, -0.15) is 5.10 Å². The van der Waals surface area contributed by atoms with Crippen molar-refractivity contribution in [2.75, 3.05) is 16.8 Å². The predicted octanol–water partition coefficient (Wildman–Crippen LogP) is 3.57. The molecule has 1 aliphatic heterocycles. The second-order valence-corrected chi connectivity index (χ2v) is 7.38. The molecule has 1 atom stereocenters. The van der Waals surface area contributed by atoms with Crippen molar-refractivity contribution in [1.82, 2.24) is 9.78 Å². The minimum atomic E-state index is -0.163. The van der Waals surface area contributed by atoms with Gasteiger partial charge in [-0.1, -0.05) is 6.58 Å². The number of anilines is 2. The van der Waals surface area contributed by atoms with Crippen molar-refractivity contribution < 1.29 is 9.59 Å². The molecule has 2 amide bonds. The Bertz CT molecular complexity index is 897. The van der Waals surface area contributed by atoms with E-state index in [-0.39, 0.29) is 11.8 Å². The zero-order valence-electron chi connectivity index (χ0n) is 15.5. The summed E-state index contributed by atoms with van der Waals surface area (Å²) in [5, 5.41) is 7.31. The van der Waals surface area contributed by atoms with Crippen LogP contribution in [0.2, 0.25) is 0 Å². The Hall–Kier alpha value is -2.89. The third kappa shape index (κ3) is 3.52. The average Bonchev–Trinajstić information content (AvgIpc) is 3.44. The predicted molar refractivity (Wildman–Crippen MR) is 105 cm³/mol. The second-order valence-electron chi connectivity index (χ2n) is 7.38. The summed E-state index contributed by atoms with van der Waals surface area (Å²) in [5.74, 6) is 0.435. The van der Waals surface area contributed by atoms with E-state index in [0.29, 0.717) is 29.8 Å². The summed E-state index contributed by atoms with van der Waals surface area (Å²) in [7, 11) is 0. The largest absolute Gasteiger partial charge is 0.319 e. The highest BCUT2D eigenvalue weighted by atomic mass is 16.2. The second kappa shape index (κ2) is 7.02. The molecule has 1 N–H and O–H groups in total. The molecule has 1 saturated carbocycles. The van der Waals surface area contributed by atoms with E-state index in [9.17, 15) is 9.59 Å². The van der Waals surface area contributed by atoms with Crippen molar-refractivity contribution in [2.45, 2.75) is 38.6 Å². The first-order chi connectivity index (χ1) is 13.1. The average molecular weight is 364 g/mol. The molecular weight excluding hydrogens is 340 g/mol. The molecule has 1 aliphatic carbocycles. The molecule has 1 fully saturated rings. The molecule has 2 heterocycles. The van der Waals surface area contributed by atoms with Crippen LogP contribution in [0.4, 0.5) is 11.4 Å². The van der Waals surface area contributed by atoms with Gasteiger partial charge in [-0.15, -0.1) is 0 Å². The minimum Gasteiger partial charge on any atom is -0.319 e. The highest BCUT2D eigenvalue weighted by Gasteiger charge is 2.29. The lowest BCUT2D eigenvalue weighted by atomic mass is 9.98. The fourth-order valence-corrected chi connectivity index (χ4v) is 3.70. The summed E-state index contributed by atoms with van der Waals surface area (Å²) in [6.45, 7) is 6.41. The fourth-order valence-electron chi connectivity index (χ4n) is 3.70.